The van der Waals surface area contributed by atoms with Gasteiger partial charge in [-0.3, -0.25) is 25.1 Å². The lowest BCUT2D eigenvalue weighted by Crippen LogP contribution is -2.41. The van der Waals surface area contributed by atoms with Crippen LogP contribution in [0.5, 0.6) is 0 Å². The minimum absolute atomic E-state index is 0.289. The number of thiophene rings is 1. The van der Waals surface area contributed by atoms with Gasteiger partial charge >= 0.3 is 0 Å². The van der Waals surface area contributed by atoms with Crippen molar-refractivity contribution in [1.82, 2.24) is 20.6 Å². The number of aryl methyl sites for hydroxylation is 2. The maximum atomic E-state index is 13.1. The van der Waals surface area contributed by atoms with Crippen LogP contribution in [-0.2, 0) is 6.54 Å². The fourth-order valence-electron chi connectivity index (χ4n) is 3.16. The predicted octanol–water partition coefficient (Wildman–Crippen LogP) is 3.98. The minimum atomic E-state index is -0.397. The number of halogens is 1. The summed E-state index contributed by atoms with van der Waals surface area (Å²) in [6, 6.07) is 15.1. The quantitative estimate of drug-likeness (QED) is 0.489. The Bertz CT molecular complexity index is 1240. The van der Waals surface area contributed by atoms with E-state index in [-0.39, 0.29) is 11.7 Å². The molecule has 0 bridgehead atoms. The first-order valence-corrected chi connectivity index (χ1v) is 10.1. The molecule has 0 aliphatic rings. The van der Waals surface area contributed by atoms with E-state index < -0.39 is 5.91 Å². The number of fused-ring (bicyclic) bond motifs is 1. The van der Waals surface area contributed by atoms with Crippen LogP contribution in [0.1, 0.15) is 36.9 Å². The highest BCUT2D eigenvalue weighted by molar-refractivity contribution is 7.20. The second-order valence-corrected chi connectivity index (χ2v) is 7.95. The van der Waals surface area contributed by atoms with Gasteiger partial charge in [-0.1, -0.05) is 30.3 Å². The van der Waals surface area contributed by atoms with Crippen molar-refractivity contribution in [1.29, 1.82) is 0 Å². The van der Waals surface area contributed by atoms with Gasteiger partial charge < -0.3 is 0 Å². The molecule has 4 rings (SSSR count). The topological polar surface area (TPSA) is 76.0 Å². The molecule has 2 aromatic carbocycles. The molecule has 2 amide bonds. The number of hydrazine groups is 1. The highest BCUT2D eigenvalue weighted by Gasteiger charge is 2.17. The number of carbonyl (C=O) groups excluding carboxylic acids is 2. The maximum absolute atomic E-state index is 13.1. The molecule has 0 aliphatic carbocycles. The van der Waals surface area contributed by atoms with Crippen LogP contribution in [-0.4, -0.2) is 21.6 Å². The van der Waals surface area contributed by atoms with E-state index in [9.17, 15) is 14.0 Å². The van der Waals surface area contributed by atoms with Crippen LogP contribution in [0.25, 0.3) is 10.2 Å². The molecule has 8 heteroatoms. The third-order valence-electron chi connectivity index (χ3n) is 4.76. The number of carbonyl (C=O) groups is 2. The third-order valence-corrected chi connectivity index (χ3v) is 5.90. The number of benzene rings is 2. The Kier molecular flexibility index (Phi) is 5.33. The van der Waals surface area contributed by atoms with Crippen molar-refractivity contribution in [2.45, 2.75) is 20.4 Å². The van der Waals surface area contributed by atoms with Gasteiger partial charge in [0, 0.05) is 10.9 Å². The van der Waals surface area contributed by atoms with Crippen LogP contribution in [0, 0.1) is 19.7 Å². The van der Waals surface area contributed by atoms with Crippen molar-refractivity contribution in [2.75, 3.05) is 0 Å². The van der Waals surface area contributed by atoms with Crippen molar-refractivity contribution in [3.63, 3.8) is 0 Å². The van der Waals surface area contributed by atoms with Crippen molar-refractivity contribution in [3.8, 4) is 0 Å². The molecule has 0 saturated carbocycles. The summed E-state index contributed by atoms with van der Waals surface area (Å²) in [5.74, 6) is -1.06. The Morgan fingerprint density at radius 3 is 2.47 bits per heavy atom. The van der Waals surface area contributed by atoms with Crippen LogP contribution in [0.4, 0.5) is 4.39 Å². The van der Waals surface area contributed by atoms with E-state index in [2.05, 4.69) is 16.0 Å². The monoisotopic (exact) mass is 422 g/mol. The average molecular weight is 422 g/mol. The van der Waals surface area contributed by atoms with Gasteiger partial charge in [0.1, 0.15) is 10.6 Å². The summed E-state index contributed by atoms with van der Waals surface area (Å²) >= 11 is 1.29. The molecule has 0 atom stereocenters. The van der Waals surface area contributed by atoms with Gasteiger partial charge in [0.05, 0.1) is 17.1 Å². The summed E-state index contributed by atoms with van der Waals surface area (Å²) in [5.41, 5.74) is 7.96. The summed E-state index contributed by atoms with van der Waals surface area (Å²) in [6.45, 7) is 4.17. The van der Waals surface area contributed by atoms with E-state index >= 15 is 0 Å². The molecule has 2 heterocycles. The molecule has 2 N–H and O–H groups in total. The number of hydrogen-bond donors (Lipinski definition) is 2. The van der Waals surface area contributed by atoms with Gasteiger partial charge in [-0.05, 0) is 49.2 Å². The molecular formula is C22H19FN4O2S. The lowest BCUT2D eigenvalue weighted by Gasteiger charge is -2.08. The number of rotatable bonds is 4. The first kappa shape index (κ1) is 19.8. The van der Waals surface area contributed by atoms with E-state index in [1.807, 2.05) is 26.0 Å². The van der Waals surface area contributed by atoms with Crippen molar-refractivity contribution < 1.29 is 14.0 Å². The van der Waals surface area contributed by atoms with Crippen LogP contribution >= 0.6 is 11.3 Å². The molecule has 0 spiro atoms. The molecule has 152 valence electrons. The Hall–Kier alpha value is -3.52. The number of aromatic nitrogens is 2. The van der Waals surface area contributed by atoms with Crippen LogP contribution in [0.15, 0.2) is 54.6 Å². The highest BCUT2D eigenvalue weighted by atomic mass is 32.1. The Balaban J connectivity index is 1.50. The zero-order valence-electron chi connectivity index (χ0n) is 16.4. The number of amides is 2. The first-order valence-electron chi connectivity index (χ1n) is 9.30. The second kappa shape index (κ2) is 8.08. The molecule has 0 aliphatic heterocycles. The van der Waals surface area contributed by atoms with Gasteiger partial charge in [0.2, 0.25) is 0 Å². The van der Waals surface area contributed by atoms with E-state index in [0.29, 0.717) is 17.0 Å². The van der Waals surface area contributed by atoms with Gasteiger partial charge in [-0.25, -0.2) is 4.39 Å². The van der Waals surface area contributed by atoms with E-state index in [4.69, 9.17) is 0 Å². The van der Waals surface area contributed by atoms with Crippen LogP contribution in [0.3, 0.4) is 0 Å². The zero-order chi connectivity index (χ0) is 21.3. The highest BCUT2D eigenvalue weighted by Crippen LogP contribution is 2.28. The molecule has 0 saturated heterocycles. The Morgan fingerprint density at radius 1 is 1.03 bits per heavy atom. The van der Waals surface area contributed by atoms with Crippen molar-refractivity contribution >= 4 is 33.4 Å². The zero-order valence-corrected chi connectivity index (χ0v) is 17.2. The smallest absolute Gasteiger partial charge is 0.267 e. The van der Waals surface area contributed by atoms with E-state index in [1.54, 1.807) is 35.0 Å². The normalized spacial score (nSPS) is 10.9. The largest absolute Gasteiger partial charge is 0.279 e. The predicted molar refractivity (Wildman–Crippen MR) is 114 cm³/mol. The molecular weight excluding hydrogens is 403 g/mol. The second-order valence-electron chi connectivity index (χ2n) is 6.92. The molecule has 4 aromatic rings. The molecule has 0 fully saturated rings. The summed E-state index contributed by atoms with van der Waals surface area (Å²) < 4.78 is 14.9. The van der Waals surface area contributed by atoms with Crippen LogP contribution in [0.2, 0.25) is 0 Å². The SMILES string of the molecule is Cc1ccccc1C(=O)NNC(=O)c1cc2c(C)nn(Cc3ccc(F)cc3)c2s1. The molecule has 30 heavy (non-hydrogen) atoms. The van der Waals surface area contributed by atoms with E-state index in [1.165, 1.54) is 23.5 Å². The molecule has 2 aromatic heterocycles. The molecule has 0 radical (unpaired) electrons. The molecule has 6 nitrogen and oxygen atoms in total. The molecule has 0 unspecified atom stereocenters. The van der Waals surface area contributed by atoms with Crippen molar-refractivity contribution in [3.05, 3.63) is 87.7 Å². The standard InChI is InChI=1S/C22H19FN4O2S/c1-13-5-3-4-6-17(13)20(28)24-25-21(29)19-11-18-14(2)26-27(22(18)30-19)12-15-7-9-16(23)10-8-15/h3-11H,12H2,1-2H3,(H,24,28)(H,25,29). The summed E-state index contributed by atoms with van der Waals surface area (Å²) in [5, 5.41) is 5.40. The summed E-state index contributed by atoms with van der Waals surface area (Å²) in [7, 11) is 0. The fourth-order valence-corrected chi connectivity index (χ4v) is 4.22. The van der Waals surface area contributed by atoms with Crippen molar-refractivity contribution in [2.24, 2.45) is 0 Å². The fraction of sp³-hybridized carbons (Fsp3) is 0.136. The Morgan fingerprint density at radius 2 is 1.73 bits per heavy atom. The lowest BCUT2D eigenvalue weighted by atomic mass is 10.1. The summed E-state index contributed by atoms with van der Waals surface area (Å²) in [6.07, 6.45) is 0. The Labute approximate surface area is 176 Å². The van der Waals surface area contributed by atoms with Gasteiger partial charge in [-0.2, -0.15) is 5.10 Å². The average Bonchev–Trinajstić information content (AvgIpc) is 3.29. The van der Waals surface area contributed by atoms with Gasteiger partial charge in [0.15, 0.2) is 0 Å². The number of nitrogens with zero attached hydrogens (tertiary/aromatic N) is 2. The van der Waals surface area contributed by atoms with Gasteiger partial charge in [0.25, 0.3) is 11.8 Å². The van der Waals surface area contributed by atoms with E-state index in [0.717, 1.165) is 27.0 Å². The van der Waals surface area contributed by atoms with Crippen LogP contribution < -0.4 is 10.9 Å². The summed E-state index contributed by atoms with van der Waals surface area (Å²) in [4.78, 5) is 26.2. The maximum Gasteiger partial charge on any atom is 0.279 e. The third kappa shape index (κ3) is 3.95. The number of nitrogens with one attached hydrogen (secondary N) is 2. The van der Waals surface area contributed by atoms with Gasteiger partial charge in [-0.15, -0.1) is 11.3 Å². The number of hydrogen-bond acceptors (Lipinski definition) is 4. The minimum Gasteiger partial charge on any atom is -0.267 e. The lowest BCUT2D eigenvalue weighted by molar-refractivity contribution is 0.0848. The first-order chi connectivity index (χ1) is 14.4.